The zero-order valence-electron chi connectivity index (χ0n) is 11.6. The molecule has 1 fully saturated rings. The van der Waals surface area contributed by atoms with Crippen molar-refractivity contribution in [3.8, 4) is 0 Å². The first-order valence-electron chi connectivity index (χ1n) is 7.07. The van der Waals surface area contributed by atoms with Crippen LogP contribution in [0.25, 0.3) is 0 Å². The lowest BCUT2D eigenvalue weighted by atomic mass is 9.79. The summed E-state index contributed by atoms with van der Waals surface area (Å²) in [5, 5.41) is 4.49. The second kappa shape index (κ2) is 5.16. The number of nitrogens with one attached hydrogen (secondary N) is 1. The maximum absolute atomic E-state index is 4.98. The maximum atomic E-state index is 4.98. The predicted octanol–water partition coefficient (Wildman–Crippen LogP) is 3.85. The van der Waals surface area contributed by atoms with Crippen LogP contribution in [-0.4, -0.2) is 21.4 Å². The van der Waals surface area contributed by atoms with E-state index in [1.165, 1.54) is 31.2 Å². The number of amidine groups is 1. The average molecular weight is 275 g/mol. The number of rotatable bonds is 1. The number of pyridine rings is 1. The van der Waals surface area contributed by atoms with Gasteiger partial charge in [0.1, 0.15) is 0 Å². The SMILES string of the molecule is Cc1cncc(NC2=NC3(CCC(C)CC3)CS2)c1. The molecule has 4 heteroatoms. The minimum atomic E-state index is 0.219. The van der Waals surface area contributed by atoms with Gasteiger partial charge in [0.2, 0.25) is 0 Å². The van der Waals surface area contributed by atoms with Gasteiger partial charge in [0, 0.05) is 11.9 Å². The smallest absolute Gasteiger partial charge is 0.161 e. The summed E-state index contributed by atoms with van der Waals surface area (Å²) in [6.07, 6.45) is 8.88. The predicted molar refractivity (Wildman–Crippen MR) is 82.9 cm³/mol. The molecule has 3 rings (SSSR count). The number of anilines is 1. The Labute approximate surface area is 119 Å². The molecule has 1 saturated carbocycles. The molecular weight excluding hydrogens is 254 g/mol. The first-order valence-corrected chi connectivity index (χ1v) is 8.05. The van der Waals surface area contributed by atoms with Crippen molar-refractivity contribution in [2.24, 2.45) is 10.9 Å². The van der Waals surface area contributed by atoms with Crippen LogP contribution in [0.1, 0.15) is 38.2 Å². The molecule has 0 radical (unpaired) electrons. The number of nitrogens with zero attached hydrogens (tertiary/aromatic N) is 2. The summed E-state index contributed by atoms with van der Waals surface area (Å²) in [6, 6.07) is 2.12. The highest BCUT2D eigenvalue weighted by atomic mass is 32.2. The summed E-state index contributed by atoms with van der Waals surface area (Å²) in [5.41, 5.74) is 2.44. The highest BCUT2D eigenvalue weighted by Gasteiger charge is 2.38. The van der Waals surface area contributed by atoms with E-state index in [0.717, 1.165) is 22.5 Å². The quantitative estimate of drug-likeness (QED) is 0.845. The lowest BCUT2D eigenvalue weighted by Crippen LogP contribution is -2.32. The van der Waals surface area contributed by atoms with Crippen LogP contribution in [0.5, 0.6) is 0 Å². The zero-order valence-corrected chi connectivity index (χ0v) is 12.5. The monoisotopic (exact) mass is 275 g/mol. The largest absolute Gasteiger partial charge is 0.334 e. The lowest BCUT2D eigenvalue weighted by Gasteiger charge is -2.32. The molecular formula is C15H21N3S. The van der Waals surface area contributed by atoms with E-state index in [1.54, 1.807) is 0 Å². The fourth-order valence-electron chi connectivity index (χ4n) is 2.85. The first-order chi connectivity index (χ1) is 9.15. The van der Waals surface area contributed by atoms with E-state index in [1.807, 2.05) is 24.2 Å². The summed E-state index contributed by atoms with van der Waals surface area (Å²) in [4.78, 5) is 9.19. The summed E-state index contributed by atoms with van der Waals surface area (Å²) < 4.78 is 0. The molecule has 0 bridgehead atoms. The summed E-state index contributed by atoms with van der Waals surface area (Å²) in [7, 11) is 0. The number of thioether (sulfide) groups is 1. The molecule has 1 aliphatic carbocycles. The summed E-state index contributed by atoms with van der Waals surface area (Å²) in [6.45, 7) is 4.42. The van der Waals surface area contributed by atoms with Crippen LogP contribution in [0.2, 0.25) is 0 Å². The Kier molecular flexibility index (Phi) is 3.52. The highest BCUT2D eigenvalue weighted by Crippen LogP contribution is 2.41. The molecule has 1 spiro atoms. The van der Waals surface area contributed by atoms with E-state index in [-0.39, 0.29) is 5.54 Å². The van der Waals surface area contributed by atoms with Crippen molar-refractivity contribution >= 4 is 22.6 Å². The van der Waals surface area contributed by atoms with Crippen LogP contribution in [0, 0.1) is 12.8 Å². The van der Waals surface area contributed by atoms with Gasteiger partial charge in [-0.05, 0) is 50.2 Å². The third kappa shape index (κ3) is 2.94. The van der Waals surface area contributed by atoms with Crippen LogP contribution >= 0.6 is 11.8 Å². The molecule has 19 heavy (non-hydrogen) atoms. The molecule has 2 aliphatic rings. The minimum absolute atomic E-state index is 0.219. The van der Waals surface area contributed by atoms with Crippen LogP contribution in [0.4, 0.5) is 5.69 Å². The zero-order chi connectivity index (χ0) is 13.3. The van der Waals surface area contributed by atoms with Gasteiger partial charge in [-0.15, -0.1) is 0 Å². The van der Waals surface area contributed by atoms with Crippen molar-refractivity contribution in [2.45, 2.75) is 45.1 Å². The van der Waals surface area contributed by atoms with Gasteiger partial charge >= 0.3 is 0 Å². The van der Waals surface area contributed by atoms with Crippen LogP contribution in [0.15, 0.2) is 23.5 Å². The van der Waals surface area contributed by atoms with E-state index in [9.17, 15) is 0 Å². The Morgan fingerprint density at radius 1 is 1.32 bits per heavy atom. The van der Waals surface area contributed by atoms with Crippen LogP contribution < -0.4 is 5.32 Å². The summed E-state index contributed by atoms with van der Waals surface area (Å²) in [5.74, 6) is 2.02. The summed E-state index contributed by atoms with van der Waals surface area (Å²) >= 11 is 1.86. The Hall–Kier alpha value is -1.03. The third-order valence-corrected chi connectivity index (χ3v) is 5.30. The molecule has 102 valence electrons. The molecule has 1 aromatic heterocycles. The second-order valence-corrected chi connectivity index (χ2v) is 6.95. The van der Waals surface area contributed by atoms with Crippen molar-refractivity contribution in [1.82, 2.24) is 4.98 Å². The van der Waals surface area contributed by atoms with Gasteiger partial charge in [0.05, 0.1) is 17.4 Å². The molecule has 3 nitrogen and oxygen atoms in total. The van der Waals surface area contributed by atoms with Gasteiger partial charge in [-0.25, -0.2) is 0 Å². The topological polar surface area (TPSA) is 37.3 Å². The highest BCUT2D eigenvalue weighted by molar-refractivity contribution is 8.14. The minimum Gasteiger partial charge on any atom is -0.334 e. The van der Waals surface area contributed by atoms with Gasteiger partial charge in [-0.1, -0.05) is 18.7 Å². The van der Waals surface area contributed by atoms with E-state index in [4.69, 9.17) is 4.99 Å². The average Bonchev–Trinajstić information content (AvgIpc) is 2.77. The Bertz CT molecular complexity index is 490. The Balaban J connectivity index is 1.70. The fourth-order valence-corrected chi connectivity index (χ4v) is 4.06. The van der Waals surface area contributed by atoms with Gasteiger partial charge < -0.3 is 5.32 Å². The molecule has 1 N–H and O–H groups in total. The van der Waals surface area contributed by atoms with Crippen molar-refractivity contribution in [2.75, 3.05) is 11.1 Å². The lowest BCUT2D eigenvalue weighted by molar-refractivity contribution is 0.273. The number of hydrogen-bond acceptors (Lipinski definition) is 4. The molecule has 0 amide bonds. The maximum Gasteiger partial charge on any atom is 0.161 e. The molecule has 2 heterocycles. The molecule has 1 aliphatic heterocycles. The molecule has 0 aromatic carbocycles. The molecule has 0 saturated heterocycles. The van der Waals surface area contributed by atoms with E-state index in [0.29, 0.717) is 0 Å². The standard InChI is InChI=1S/C15H21N3S/c1-11-3-5-15(6-4-11)10-19-14(18-15)17-13-7-12(2)8-16-9-13/h7-9,11H,3-6,10H2,1-2H3,(H,17,18). The van der Waals surface area contributed by atoms with Crippen molar-refractivity contribution in [1.29, 1.82) is 0 Å². The molecule has 0 unspecified atom stereocenters. The van der Waals surface area contributed by atoms with Crippen LogP contribution in [0.3, 0.4) is 0 Å². The second-order valence-electron chi connectivity index (χ2n) is 5.99. The Morgan fingerprint density at radius 2 is 2.11 bits per heavy atom. The first kappa shape index (κ1) is 13.0. The van der Waals surface area contributed by atoms with E-state index in [2.05, 4.69) is 30.2 Å². The number of aryl methyl sites for hydroxylation is 1. The van der Waals surface area contributed by atoms with Crippen LogP contribution in [-0.2, 0) is 0 Å². The number of hydrogen-bond donors (Lipinski definition) is 1. The van der Waals surface area contributed by atoms with Crippen molar-refractivity contribution < 1.29 is 0 Å². The Morgan fingerprint density at radius 3 is 2.84 bits per heavy atom. The third-order valence-electron chi connectivity index (χ3n) is 4.15. The normalized spacial score (nSPS) is 30.4. The molecule has 1 aromatic rings. The van der Waals surface area contributed by atoms with Gasteiger partial charge in [-0.3, -0.25) is 9.98 Å². The van der Waals surface area contributed by atoms with Gasteiger partial charge in [0.25, 0.3) is 0 Å². The van der Waals surface area contributed by atoms with E-state index >= 15 is 0 Å². The molecule has 0 atom stereocenters. The number of aliphatic imine (C=N–C) groups is 1. The van der Waals surface area contributed by atoms with Crippen molar-refractivity contribution in [3.63, 3.8) is 0 Å². The van der Waals surface area contributed by atoms with Gasteiger partial charge in [-0.2, -0.15) is 0 Å². The van der Waals surface area contributed by atoms with Gasteiger partial charge in [0.15, 0.2) is 5.17 Å². The van der Waals surface area contributed by atoms with E-state index < -0.39 is 0 Å². The van der Waals surface area contributed by atoms with Crippen molar-refractivity contribution in [3.05, 3.63) is 24.0 Å². The number of aromatic nitrogens is 1. The fraction of sp³-hybridized carbons (Fsp3) is 0.600.